The summed E-state index contributed by atoms with van der Waals surface area (Å²) in [5.41, 5.74) is 3.47. The Morgan fingerprint density at radius 3 is 3.03 bits per heavy atom. The minimum Gasteiger partial charge on any atom is -0.469 e. The molecule has 0 saturated heterocycles. The first-order valence-corrected chi connectivity index (χ1v) is 10.7. The highest BCUT2D eigenvalue weighted by molar-refractivity contribution is 7.99. The second-order valence-corrected chi connectivity index (χ2v) is 8.04. The predicted octanol–water partition coefficient (Wildman–Crippen LogP) is 4.32. The Hall–Kier alpha value is -2.80. The molecule has 1 atom stereocenters. The first-order valence-electron chi connectivity index (χ1n) is 9.76. The van der Waals surface area contributed by atoms with Gasteiger partial charge in [0.15, 0.2) is 11.0 Å². The van der Waals surface area contributed by atoms with E-state index in [4.69, 9.17) is 4.42 Å². The molecule has 6 nitrogen and oxygen atoms in total. The number of nitrogens with one attached hydrogen (secondary N) is 1. The van der Waals surface area contributed by atoms with Crippen molar-refractivity contribution in [3.63, 3.8) is 0 Å². The number of hydrogen-bond donors (Lipinski definition) is 1. The lowest BCUT2D eigenvalue weighted by Gasteiger charge is -2.26. The van der Waals surface area contributed by atoms with Gasteiger partial charge in [0.25, 0.3) is 0 Å². The van der Waals surface area contributed by atoms with E-state index in [9.17, 15) is 4.79 Å². The Bertz CT molecular complexity index is 1020. The largest absolute Gasteiger partial charge is 0.469 e. The lowest BCUT2D eigenvalue weighted by Crippen LogP contribution is -2.32. The van der Waals surface area contributed by atoms with Gasteiger partial charge in [-0.3, -0.25) is 9.36 Å². The van der Waals surface area contributed by atoms with Crippen LogP contribution in [0.1, 0.15) is 35.8 Å². The molecular weight excluding hydrogens is 384 g/mol. The molecule has 3 aromatic rings. The maximum Gasteiger partial charge on any atom is 0.230 e. The van der Waals surface area contributed by atoms with Gasteiger partial charge in [-0.05, 0) is 43.4 Å². The molecule has 150 valence electrons. The van der Waals surface area contributed by atoms with Crippen molar-refractivity contribution in [3.8, 4) is 11.4 Å². The molecule has 2 heterocycles. The summed E-state index contributed by atoms with van der Waals surface area (Å²) in [7, 11) is 0. The number of rotatable bonds is 7. The zero-order valence-corrected chi connectivity index (χ0v) is 17.2. The van der Waals surface area contributed by atoms with Crippen molar-refractivity contribution < 1.29 is 9.21 Å². The van der Waals surface area contributed by atoms with Gasteiger partial charge >= 0.3 is 0 Å². The van der Waals surface area contributed by atoms with E-state index in [-0.39, 0.29) is 17.7 Å². The van der Waals surface area contributed by atoms with Crippen molar-refractivity contribution in [3.05, 3.63) is 66.1 Å². The van der Waals surface area contributed by atoms with Crippen LogP contribution in [0.15, 0.2) is 58.8 Å². The van der Waals surface area contributed by atoms with Crippen molar-refractivity contribution in [2.75, 3.05) is 5.75 Å². The van der Waals surface area contributed by atoms with Gasteiger partial charge in [-0.2, -0.15) is 0 Å². The molecule has 7 heteroatoms. The zero-order valence-electron chi connectivity index (χ0n) is 16.4. The summed E-state index contributed by atoms with van der Waals surface area (Å²) in [5.74, 6) is 1.80. The van der Waals surface area contributed by atoms with Crippen molar-refractivity contribution in [1.29, 1.82) is 0 Å². The molecule has 29 heavy (non-hydrogen) atoms. The van der Waals surface area contributed by atoms with Crippen LogP contribution < -0.4 is 5.32 Å². The standard InChI is InChI=1S/C22H24N4O2S/c1-3-12-26-21(17-11-13-28-15(17)2)24-25-22(26)29-14-20(27)23-19-10-6-8-16-7-4-5-9-18(16)19/h3-5,7,9,11,13,19H,1,6,8,10,12,14H2,2H3,(H,23,27)/t19-/m0/s1. The Morgan fingerprint density at radius 2 is 2.24 bits per heavy atom. The van der Waals surface area contributed by atoms with Crippen LogP contribution in [-0.2, 0) is 17.8 Å². The third kappa shape index (κ3) is 4.15. The van der Waals surface area contributed by atoms with Crippen LogP contribution >= 0.6 is 11.8 Å². The lowest BCUT2D eigenvalue weighted by atomic mass is 9.88. The number of amides is 1. The highest BCUT2D eigenvalue weighted by Crippen LogP contribution is 2.30. The summed E-state index contributed by atoms with van der Waals surface area (Å²) in [6.45, 7) is 6.28. The van der Waals surface area contributed by atoms with Crippen LogP contribution in [0.4, 0.5) is 0 Å². The van der Waals surface area contributed by atoms with Gasteiger partial charge in [0.05, 0.1) is 23.6 Å². The molecule has 1 aliphatic carbocycles. The van der Waals surface area contributed by atoms with E-state index >= 15 is 0 Å². The number of hydrogen-bond acceptors (Lipinski definition) is 5. The van der Waals surface area contributed by atoms with Gasteiger partial charge in [0, 0.05) is 6.54 Å². The number of benzene rings is 1. The number of allylic oxidation sites excluding steroid dienone is 1. The van der Waals surface area contributed by atoms with E-state index in [0.29, 0.717) is 11.7 Å². The predicted molar refractivity (Wildman–Crippen MR) is 114 cm³/mol. The molecule has 1 amide bonds. The van der Waals surface area contributed by atoms with Gasteiger partial charge in [-0.25, -0.2) is 0 Å². The fraction of sp³-hybridized carbons (Fsp3) is 0.318. The van der Waals surface area contributed by atoms with Crippen LogP contribution in [0.2, 0.25) is 0 Å². The molecule has 0 saturated carbocycles. The Balaban J connectivity index is 1.44. The summed E-state index contributed by atoms with van der Waals surface area (Å²) in [5, 5.41) is 12.5. The molecule has 2 aromatic heterocycles. The number of aromatic nitrogens is 3. The lowest BCUT2D eigenvalue weighted by molar-refractivity contribution is -0.119. The van der Waals surface area contributed by atoms with Gasteiger partial charge < -0.3 is 9.73 Å². The average molecular weight is 409 g/mol. The van der Waals surface area contributed by atoms with E-state index in [2.05, 4.69) is 40.3 Å². The molecule has 1 aromatic carbocycles. The molecule has 0 bridgehead atoms. The normalized spacial score (nSPS) is 15.7. The number of nitrogens with zero attached hydrogens (tertiary/aromatic N) is 3. The highest BCUT2D eigenvalue weighted by atomic mass is 32.2. The first kappa shape index (κ1) is 19.5. The summed E-state index contributed by atoms with van der Waals surface area (Å²) in [6, 6.07) is 10.3. The smallest absolute Gasteiger partial charge is 0.230 e. The van der Waals surface area contributed by atoms with Gasteiger partial charge in [-0.15, -0.1) is 16.8 Å². The van der Waals surface area contributed by atoms with E-state index in [1.807, 2.05) is 23.6 Å². The number of carbonyl (C=O) groups excluding carboxylic acids is 1. The van der Waals surface area contributed by atoms with Gasteiger partial charge in [0.2, 0.25) is 5.91 Å². The summed E-state index contributed by atoms with van der Waals surface area (Å²) >= 11 is 1.39. The Morgan fingerprint density at radius 1 is 1.38 bits per heavy atom. The highest BCUT2D eigenvalue weighted by Gasteiger charge is 2.22. The molecular formula is C22H24N4O2S. The number of aryl methyl sites for hydroxylation is 2. The van der Waals surface area contributed by atoms with Gasteiger partial charge in [-0.1, -0.05) is 42.1 Å². The summed E-state index contributed by atoms with van der Waals surface area (Å²) in [4.78, 5) is 12.6. The number of furan rings is 1. The number of fused-ring (bicyclic) bond motifs is 1. The van der Waals surface area contributed by atoms with E-state index in [1.165, 1.54) is 22.9 Å². The number of thioether (sulfide) groups is 1. The third-order valence-corrected chi connectivity index (χ3v) is 6.13. The molecule has 0 fully saturated rings. The molecule has 4 rings (SSSR count). The molecule has 0 unspecified atom stereocenters. The third-order valence-electron chi connectivity index (χ3n) is 5.17. The van der Waals surface area contributed by atoms with Crippen LogP contribution in [0.3, 0.4) is 0 Å². The summed E-state index contributed by atoms with van der Waals surface area (Å²) < 4.78 is 7.35. The van der Waals surface area contributed by atoms with Crippen molar-refractivity contribution in [2.24, 2.45) is 0 Å². The topological polar surface area (TPSA) is 73.0 Å². The van der Waals surface area contributed by atoms with Crippen molar-refractivity contribution in [2.45, 2.75) is 43.9 Å². The van der Waals surface area contributed by atoms with Crippen molar-refractivity contribution >= 4 is 17.7 Å². The zero-order chi connectivity index (χ0) is 20.2. The SMILES string of the molecule is C=CCn1c(SCC(=O)N[C@H]2CCCc3ccccc32)nnc1-c1ccoc1C. The maximum absolute atomic E-state index is 12.6. The van der Waals surface area contributed by atoms with E-state index < -0.39 is 0 Å². The molecule has 0 aliphatic heterocycles. The molecule has 1 aliphatic rings. The monoisotopic (exact) mass is 408 g/mol. The maximum atomic E-state index is 12.6. The first-order chi connectivity index (χ1) is 14.2. The van der Waals surface area contributed by atoms with Crippen molar-refractivity contribution in [1.82, 2.24) is 20.1 Å². The fourth-order valence-electron chi connectivity index (χ4n) is 3.78. The van der Waals surface area contributed by atoms with Crippen LogP contribution in [0.5, 0.6) is 0 Å². The quantitative estimate of drug-likeness (QED) is 0.466. The van der Waals surface area contributed by atoms with Crippen LogP contribution in [-0.4, -0.2) is 26.4 Å². The van der Waals surface area contributed by atoms with Gasteiger partial charge in [0.1, 0.15) is 5.76 Å². The molecule has 0 spiro atoms. The van der Waals surface area contributed by atoms with E-state index in [1.54, 1.807) is 12.3 Å². The minimum absolute atomic E-state index is 0.00546. The molecule has 1 N–H and O–H groups in total. The second-order valence-electron chi connectivity index (χ2n) is 7.10. The Labute approximate surface area is 174 Å². The molecule has 0 radical (unpaired) electrons. The average Bonchev–Trinajstić information content (AvgIpc) is 3.32. The Kier molecular flexibility index (Phi) is 5.85. The second kappa shape index (κ2) is 8.69. The minimum atomic E-state index is 0.00546. The summed E-state index contributed by atoms with van der Waals surface area (Å²) in [6.07, 6.45) is 6.59. The van der Waals surface area contributed by atoms with Crippen LogP contribution in [0.25, 0.3) is 11.4 Å². The fourth-order valence-corrected chi connectivity index (χ4v) is 4.53. The van der Waals surface area contributed by atoms with Crippen LogP contribution in [0, 0.1) is 6.92 Å². The van der Waals surface area contributed by atoms with E-state index in [0.717, 1.165) is 36.4 Å². The number of carbonyl (C=O) groups is 1.